The van der Waals surface area contributed by atoms with Crippen LogP contribution in [0.3, 0.4) is 0 Å². The van der Waals surface area contributed by atoms with Crippen LogP contribution in [-0.4, -0.2) is 61.4 Å². The molecule has 0 aliphatic carbocycles. The third-order valence-corrected chi connectivity index (χ3v) is 3.70. The van der Waals surface area contributed by atoms with Crippen LogP contribution in [0.25, 0.3) is 5.65 Å². The molecule has 1 atom stereocenters. The quantitative estimate of drug-likeness (QED) is 0.771. The summed E-state index contributed by atoms with van der Waals surface area (Å²) < 4.78 is 1.65. The van der Waals surface area contributed by atoms with Gasteiger partial charge >= 0.3 is 6.09 Å². The molecule has 0 saturated carbocycles. The lowest BCUT2D eigenvalue weighted by molar-refractivity contribution is 0.136. The zero-order valence-corrected chi connectivity index (χ0v) is 11.9. The Bertz CT molecular complexity index is 698. The summed E-state index contributed by atoms with van der Waals surface area (Å²) in [7, 11) is 0. The molecule has 2 aromatic rings. The first-order valence-corrected chi connectivity index (χ1v) is 6.69. The SMILES string of the molecule is Cc1cnn2c(N3CCN(C(=O)O)C[C@@H]3C)nc(N)nc12. The number of nitrogens with zero attached hydrogens (tertiary/aromatic N) is 6. The first-order chi connectivity index (χ1) is 9.97. The van der Waals surface area contributed by atoms with Crippen molar-refractivity contribution in [1.29, 1.82) is 0 Å². The first-order valence-electron chi connectivity index (χ1n) is 6.69. The lowest BCUT2D eigenvalue weighted by atomic mass is 10.2. The summed E-state index contributed by atoms with van der Waals surface area (Å²) >= 11 is 0. The number of hydrogen-bond acceptors (Lipinski definition) is 6. The van der Waals surface area contributed by atoms with Gasteiger partial charge in [0.05, 0.1) is 6.20 Å². The van der Waals surface area contributed by atoms with Crippen molar-refractivity contribution in [3.8, 4) is 0 Å². The highest BCUT2D eigenvalue weighted by atomic mass is 16.4. The Kier molecular flexibility index (Phi) is 3.04. The van der Waals surface area contributed by atoms with Crippen molar-refractivity contribution >= 4 is 23.6 Å². The number of carbonyl (C=O) groups is 1. The van der Waals surface area contributed by atoms with Gasteiger partial charge < -0.3 is 20.6 Å². The van der Waals surface area contributed by atoms with E-state index >= 15 is 0 Å². The van der Waals surface area contributed by atoms with E-state index in [4.69, 9.17) is 10.8 Å². The molecule has 2 aromatic heterocycles. The van der Waals surface area contributed by atoms with Crippen LogP contribution in [0.1, 0.15) is 12.5 Å². The summed E-state index contributed by atoms with van der Waals surface area (Å²) in [6.45, 7) is 5.24. The smallest absolute Gasteiger partial charge is 0.407 e. The second-order valence-corrected chi connectivity index (χ2v) is 5.22. The molecule has 3 rings (SSSR count). The summed E-state index contributed by atoms with van der Waals surface area (Å²) in [5, 5.41) is 13.4. The molecule has 0 aromatic carbocycles. The normalized spacial score (nSPS) is 19.2. The lowest BCUT2D eigenvalue weighted by Crippen LogP contribution is -2.54. The maximum absolute atomic E-state index is 11.1. The van der Waals surface area contributed by atoms with E-state index in [-0.39, 0.29) is 12.0 Å². The van der Waals surface area contributed by atoms with Crippen LogP contribution >= 0.6 is 0 Å². The van der Waals surface area contributed by atoms with E-state index in [1.807, 2.05) is 18.7 Å². The second kappa shape index (κ2) is 4.76. The monoisotopic (exact) mass is 291 g/mol. The van der Waals surface area contributed by atoms with Crippen LogP contribution in [0.15, 0.2) is 6.20 Å². The molecule has 9 nitrogen and oxygen atoms in total. The van der Waals surface area contributed by atoms with Gasteiger partial charge in [-0.3, -0.25) is 0 Å². The molecular formula is C12H17N7O2. The van der Waals surface area contributed by atoms with Gasteiger partial charge in [0.15, 0.2) is 5.65 Å². The third kappa shape index (κ3) is 2.20. The molecule has 1 amide bonds. The van der Waals surface area contributed by atoms with Gasteiger partial charge in [-0.25, -0.2) is 4.79 Å². The van der Waals surface area contributed by atoms with Crippen molar-refractivity contribution in [3.63, 3.8) is 0 Å². The number of nitrogen functional groups attached to an aromatic ring is 1. The largest absolute Gasteiger partial charge is 0.465 e. The highest BCUT2D eigenvalue weighted by Gasteiger charge is 2.29. The fraction of sp³-hybridized carbons (Fsp3) is 0.500. The predicted octanol–water partition coefficient (Wildman–Crippen LogP) is 0.203. The Labute approximate surface area is 121 Å². The highest BCUT2D eigenvalue weighted by Crippen LogP contribution is 2.21. The molecule has 1 aliphatic heterocycles. The Balaban J connectivity index is 1.99. The van der Waals surface area contributed by atoms with Crippen LogP contribution in [0.2, 0.25) is 0 Å². The molecule has 0 radical (unpaired) electrons. The molecule has 1 aliphatic rings. The number of hydrogen-bond donors (Lipinski definition) is 2. The van der Waals surface area contributed by atoms with E-state index in [0.29, 0.717) is 31.2 Å². The van der Waals surface area contributed by atoms with Gasteiger partial charge in [0.2, 0.25) is 11.9 Å². The van der Waals surface area contributed by atoms with Gasteiger partial charge in [-0.1, -0.05) is 0 Å². The van der Waals surface area contributed by atoms with E-state index in [0.717, 1.165) is 5.56 Å². The van der Waals surface area contributed by atoms with Crippen LogP contribution in [0, 0.1) is 6.92 Å². The van der Waals surface area contributed by atoms with Crippen LogP contribution < -0.4 is 10.6 Å². The fourth-order valence-corrected chi connectivity index (χ4v) is 2.60. The fourth-order valence-electron chi connectivity index (χ4n) is 2.60. The van der Waals surface area contributed by atoms with Crippen LogP contribution in [0.4, 0.5) is 16.7 Å². The molecule has 0 spiro atoms. The van der Waals surface area contributed by atoms with Crippen molar-refractivity contribution in [2.24, 2.45) is 0 Å². The van der Waals surface area contributed by atoms with Crippen molar-refractivity contribution in [3.05, 3.63) is 11.8 Å². The van der Waals surface area contributed by atoms with E-state index in [9.17, 15) is 4.79 Å². The van der Waals surface area contributed by atoms with Crippen LogP contribution in [-0.2, 0) is 0 Å². The van der Waals surface area contributed by atoms with E-state index in [2.05, 4.69) is 15.1 Å². The number of amides is 1. The van der Waals surface area contributed by atoms with Crippen LogP contribution in [0.5, 0.6) is 0 Å². The Morgan fingerprint density at radius 3 is 2.86 bits per heavy atom. The summed E-state index contributed by atoms with van der Waals surface area (Å²) in [6.07, 6.45) is 0.814. The topological polar surface area (TPSA) is 113 Å². The number of aromatic nitrogens is 4. The molecule has 3 N–H and O–H groups in total. The number of carboxylic acid groups (broad SMARTS) is 1. The van der Waals surface area contributed by atoms with Gasteiger partial charge in [0.25, 0.3) is 0 Å². The number of piperazine rings is 1. The molecular weight excluding hydrogens is 274 g/mol. The molecule has 112 valence electrons. The minimum absolute atomic E-state index is 0.0168. The molecule has 0 unspecified atom stereocenters. The number of aryl methyl sites for hydroxylation is 1. The minimum atomic E-state index is -0.899. The maximum Gasteiger partial charge on any atom is 0.407 e. The third-order valence-electron chi connectivity index (χ3n) is 3.70. The first kappa shape index (κ1) is 13.4. The molecule has 21 heavy (non-hydrogen) atoms. The number of anilines is 2. The highest BCUT2D eigenvalue weighted by molar-refractivity contribution is 5.65. The van der Waals surface area contributed by atoms with Gasteiger partial charge in [0, 0.05) is 31.2 Å². The average molecular weight is 291 g/mol. The Morgan fingerprint density at radius 1 is 1.43 bits per heavy atom. The van der Waals surface area contributed by atoms with Gasteiger partial charge in [-0.05, 0) is 13.8 Å². The Morgan fingerprint density at radius 2 is 2.19 bits per heavy atom. The lowest BCUT2D eigenvalue weighted by Gasteiger charge is -2.38. The molecule has 3 heterocycles. The molecule has 1 saturated heterocycles. The van der Waals surface area contributed by atoms with Crippen molar-refractivity contribution in [2.45, 2.75) is 19.9 Å². The standard InChI is InChI=1S/C12H17N7O2/c1-7-5-14-19-9(7)15-10(13)16-11(19)18-4-3-17(12(20)21)6-8(18)2/h5,8H,3-4,6H2,1-2H3,(H2,13,15)(H,20,21)/t8-/m0/s1. The molecule has 0 bridgehead atoms. The minimum Gasteiger partial charge on any atom is -0.465 e. The number of rotatable bonds is 1. The average Bonchev–Trinajstić information content (AvgIpc) is 2.79. The van der Waals surface area contributed by atoms with Crippen molar-refractivity contribution in [2.75, 3.05) is 30.3 Å². The van der Waals surface area contributed by atoms with Crippen molar-refractivity contribution in [1.82, 2.24) is 24.5 Å². The molecule has 9 heteroatoms. The number of nitrogens with two attached hydrogens (primary N) is 1. The summed E-state index contributed by atoms with van der Waals surface area (Å²) in [4.78, 5) is 22.9. The zero-order valence-electron chi connectivity index (χ0n) is 11.9. The molecule has 1 fully saturated rings. The summed E-state index contributed by atoms with van der Waals surface area (Å²) in [5.41, 5.74) is 7.38. The predicted molar refractivity (Wildman–Crippen MR) is 76.3 cm³/mol. The van der Waals surface area contributed by atoms with Gasteiger partial charge in [-0.15, -0.1) is 0 Å². The second-order valence-electron chi connectivity index (χ2n) is 5.22. The van der Waals surface area contributed by atoms with Gasteiger partial charge in [-0.2, -0.15) is 19.6 Å². The number of fused-ring (bicyclic) bond motifs is 1. The van der Waals surface area contributed by atoms with E-state index < -0.39 is 6.09 Å². The summed E-state index contributed by atoms with van der Waals surface area (Å²) in [6, 6.07) is -0.0168. The van der Waals surface area contributed by atoms with E-state index in [1.54, 1.807) is 10.7 Å². The maximum atomic E-state index is 11.1. The van der Waals surface area contributed by atoms with E-state index in [1.165, 1.54) is 4.90 Å². The van der Waals surface area contributed by atoms with Gasteiger partial charge in [0.1, 0.15) is 0 Å². The summed E-state index contributed by atoms with van der Waals surface area (Å²) in [5.74, 6) is 0.789. The zero-order chi connectivity index (χ0) is 15.1. The van der Waals surface area contributed by atoms with Crippen molar-refractivity contribution < 1.29 is 9.90 Å². The Hall–Kier alpha value is -2.58.